The monoisotopic (exact) mass is 420 g/mol. The number of benzene rings is 1. The van der Waals surface area contributed by atoms with Gasteiger partial charge in [-0.25, -0.2) is 13.2 Å². The molecule has 0 saturated carbocycles. The van der Waals surface area contributed by atoms with E-state index in [1.807, 2.05) is 6.08 Å². The Kier molecular flexibility index (Phi) is 5.67. The van der Waals surface area contributed by atoms with Crippen molar-refractivity contribution in [1.29, 1.82) is 0 Å². The van der Waals surface area contributed by atoms with Gasteiger partial charge in [-0.1, -0.05) is 29.3 Å². The number of nitrogens with one attached hydrogen (secondary N) is 2. The van der Waals surface area contributed by atoms with Crippen molar-refractivity contribution in [2.75, 3.05) is 18.5 Å². The maximum atomic E-state index is 12.8. The number of aromatic hydroxyl groups is 1. The molecular formula is C16H18Cl2N2O5S. The summed E-state index contributed by atoms with van der Waals surface area (Å²) in [4.78, 5) is 11.7. The Morgan fingerprint density at radius 1 is 1.27 bits per heavy atom. The summed E-state index contributed by atoms with van der Waals surface area (Å²) in [7, 11) is -3.90. The van der Waals surface area contributed by atoms with Gasteiger partial charge in [-0.3, -0.25) is 0 Å². The first-order valence-corrected chi connectivity index (χ1v) is 10.4. The molecule has 142 valence electrons. The molecule has 7 nitrogen and oxygen atoms in total. The number of ether oxygens (including phenoxy) is 1. The van der Waals surface area contributed by atoms with E-state index < -0.39 is 31.8 Å². The van der Waals surface area contributed by atoms with Gasteiger partial charge in [-0.05, 0) is 31.4 Å². The number of hydrogen-bond acceptors (Lipinski definition) is 5. The summed E-state index contributed by atoms with van der Waals surface area (Å²) >= 11 is 12.0. The molecule has 0 bridgehead atoms. The Balaban J connectivity index is 1.83. The molecule has 1 aliphatic heterocycles. The van der Waals surface area contributed by atoms with E-state index in [4.69, 9.17) is 27.9 Å². The number of carbonyl (C=O) groups is 1. The molecule has 1 unspecified atom stereocenters. The van der Waals surface area contributed by atoms with Crippen molar-refractivity contribution >= 4 is 44.8 Å². The third-order valence-electron chi connectivity index (χ3n) is 4.38. The van der Waals surface area contributed by atoms with Crippen LogP contribution in [0.1, 0.15) is 19.3 Å². The van der Waals surface area contributed by atoms with E-state index in [9.17, 15) is 18.3 Å². The van der Waals surface area contributed by atoms with Gasteiger partial charge in [0.15, 0.2) is 15.6 Å². The lowest BCUT2D eigenvalue weighted by Gasteiger charge is -2.17. The molecule has 1 aliphatic carbocycles. The van der Waals surface area contributed by atoms with E-state index in [1.54, 1.807) is 0 Å². The van der Waals surface area contributed by atoms with Gasteiger partial charge in [0.2, 0.25) is 0 Å². The molecule has 3 rings (SSSR count). The first-order valence-electron chi connectivity index (χ1n) is 8.07. The second kappa shape index (κ2) is 7.64. The fraction of sp³-hybridized carbons (Fsp3) is 0.438. The number of urea groups is 1. The first-order chi connectivity index (χ1) is 12.3. The highest BCUT2D eigenvalue weighted by Crippen LogP contribution is 2.39. The summed E-state index contributed by atoms with van der Waals surface area (Å²) in [6.07, 6.45) is 3.59. The van der Waals surface area contributed by atoms with Gasteiger partial charge in [0.05, 0.1) is 28.6 Å². The molecule has 26 heavy (non-hydrogen) atoms. The van der Waals surface area contributed by atoms with Crippen molar-refractivity contribution in [3.63, 3.8) is 0 Å². The summed E-state index contributed by atoms with van der Waals surface area (Å²) in [5.74, 6) is -0.590. The normalized spacial score (nSPS) is 22.9. The van der Waals surface area contributed by atoms with Crippen LogP contribution in [0.25, 0.3) is 0 Å². The Morgan fingerprint density at radius 3 is 2.65 bits per heavy atom. The lowest BCUT2D eigenvalue weighted by atomic mass is 10.2. The Labute approximate surface area is 161 Å². The second-order valence-corrected chi connectivity index (χ2v) is 9.13. The highest BCUT2D eigenvalue weighted by molar-refractivity contribution is 7.92. The number of phenolic OH excluding ortho intramolecular Hbond substituents is 1. The van der Waals surface area contributed by atoms with Crippen LogP contribution in [-0.2, 0) is 14.6 Å². The number of amides is 2. The van der Waals surface area contributed by atoms with Gasteiger partial charge < -0.3 is 20.5 Å². The van der Waals surface area contributed by atoms with E-state index >= 15 is 0 Å². The van der Waals surface area contributed by atoms with Gasteiger partial charge in [0.1, 0.15) is 4.90 Å². The summed E-state index contributed by atoms with van der Waals surface area (Å²) in [5.41, 5.74) is -0.0533. The third kappa shape index (κ3) is 3.78. The van der Waals surface area contributed by atoms with Crippen LogP contribution in [0.5, 0.6) is 5.75 Å². The second-order valence-electron chi connectivity index (χ2n) is 6.12. The molecule has 3 N–H and O–H groups in total. The molecule has 1 heterocycles. The Bertz CT molecular complexity index is 850. The fourth-order valence-corrected chi connectivity index (χ4v) is 5.45. The molecule has 1 saturated heterocycles. The molecular weight excluding hydrogens is 403 g/mol. The third-order valence-corrected chi connectivity index (χ3v) is 7.45. The predicted molar refractivity (Wildman–Crippen MR) is 98.6 cm³/mol. The van der Waals surface area contributed by atoms with E-state index in [0.29, 0.717) is 24.5 Å². The van der Waals surface area contributed by atoms with Crippen molar-refractivity contribution in [1.82, 2.24) is 5.32 Å². The minimum atomic E-state index is -3.90. The molecule has 2 aliphatic rings. The maximum Gasteiger partial charge on any atom is 0.319 e. The lowest BCUT2D eigenvalue weighted by Crippen LogP contribution is -2.37. The van der Waals surface area contributed by atoms with Crippen molar-refractivity contribution in [2.24, 2.45) is 0 Å². The standard InChI is InChI=1S/C16H18Cl2N2O5S/c17-10-2-1-3-12(10)19-16(22)20-13-5-4-11(18)15(14(13)21)26(23,24)9-6-7-25-8-9/h2,4-5,9,12,21H,1,3,6-8H2,(H2,19,20,22)/t9?,12-/m0/s1. The van der Waals surface area contributed by atoms with E-state index in [2.05, 4.69) is 10.6 Å². The van der Waals surface area contributed by atoms with Gasteiger partial charge in [-0.15, -0.1) is 0 Å². The maximum absolute atomic E-state index is 12.8. The quantitative estimate of drug-likeness (QED) is 0.649. The van der Waals surface area contributed by atoms with E-state index in [-0.39, 0.29) is 23.4 Å². The van der Waals surface area contributed by atoms with Crippen LogP contribution < -0.4 is 10.6 Å². The van der Waals surface area contributed by atoms with Crippen LogP contribution in [0.15, 0.2) is 28.1 Å². The number of anilines is 1. The Morgan fingerprint density at radius 2 is 2.04 bits per heavy atom. The summed E-state index contributed by atoms with van der Waals surface area (Å²) in [5, 5.41) is 15.2. The largest absolute Gasteiger partial charge is 0.504 e. The smallest absolute Gasteiger partial charge is 0.319 e. The zero-order valence-corrected chi connectivity index (χ0v) is 16.0. The van der Waals surface area contributed by atoms with Crippen molar-refractivity contribution in [3.8, 4) is 5.75 Å². The zero-order chi connectivity index (χ0) is 18.9. The predicted octanol–water partition coefficient (Wildman–Crippen LogP) is 3.01. The van der Waals surface area contributed by atoms with Crippen LogP contribution in [0, 0.1) is 0 Å². The highest BCUT2D eigenvalue weighted by Gasteiger charge is 2.35. The molecule has 0 spiro atoms. The van der Waals surface area contributed by atoms with Gasteiger partial charge in [0.25, 0.3) is 0 Å². The number of sulfone groups is 1. The SMILES string of the molecule is O=C(Nc1ccc(Cl)c(S(=O)(=O)C2CCOC2)c1O)N[C@H]1CCC=C1Cl. The number of allylic oxidation sites excluding steroid dienone is 1. The summed E-state index contributed by atoms with van der Waals surface area (Å²) in [6.45, 7) is 0.376. The summed E-state index contributed by atoms with van der Waals surface area (Å²) < 4.78 is 30.6. The van der Waals surface area contributed by atoms with Crippen molar-refractivity contribution in [2.45, 2.75) is 35.4 Å². The molecule has 0 radical (unpaired) electrons. The molecule has 2 amide bonds. The number of phenols is 1. The average molecular weight is 421 g/mol. The van der Waals surface area contributed by atoms with Crippen molar-refractivity contribution in [3.05, 3.63) is 28.3 Å². The first kappa shape index (κ1) is 19.3. The van der Waals surface area contributed by atoms with E-state index in [1.165, 1.54) is 12.1 Å². The Hall–Kier alpha value is -1.48. The number of halogens is 2. The van der Waals surface area contributed by atoms with Crippen LogP contribution >= 0.6 is 23.2 Å². The molecule has 1 aromatic rings. The minimum Gasteiger partial charge on any atom is -0.504 e. The number of carbonyl (C=O) groups excluding carboxylic acids is 1. The molecule has 10 heteroatoms. The zero-order valence-electron chi connectivity index (χ0n) is 13.7. The number of rotatable bonds is 4. The van der Waals surface area contributed by atoms with Gasteiger partial charge >= 0.3 is 6.03 Å². The van der Waals surface area contributed by atoms with Crippen LogP contribution in [0.2, 0.25) is 5.02 Å². The molecule has 1 fully saturated rings. The highest BCUT2D eigenvalue weighted by atomic mass is 35.5. The minimum absolute atomic E-state index is 0.0444. The van der Waals surface area contributed by atoms with Crippen molar-refractivity contribution < 1.29 is 23.1 Å². The molecule has 2 atom stereocenters. The van der Waals surface area contributed by atoms with E-state index in [0.717, 1.165) is 6.42 Å². The van der Waals surface area contributed by atoms with Crippen LogP contribution in [0.4, 0.5) is 10.5 Å². The average Bonchev–Trinajstić information content (AvgIpc) is 3.23. The molecule has 1 aromatic carbocycles. The van der Waals surface area contributed by atoms with Gasteiger partial charge in [0, 0.05) is 11.6 Å². The number of hydrogen-bond donors (Lipinski definition) is 3. The molecule has 0 aromatic heterocycles. The fourth-order valence-electron chi connectivity index (χ4n) is 2.97. The topological polar surface area (TPSA) is 105 Å². The lowest BCUT2D eigenvalue weighted by molar-refractivity contribution is 0.198. The van der Waals surface area contributed by atoms with Gasteiger partial charge in [-0.2, -0.15) is 0 Å². The van der Waals surface area contributed by atoms with Crippen LogP contribution in [-0.4, -0.2) is 44.1 Å². The van der Waals surface area contributed by atoms with Crippen LogP contribution in [0.3, 0.4) is 0 Å². The summed E-state index contributed by atoms with van der Waals surface area (Å²) in [6, 6.07) is 1.76.